The Morgan fingerprint density at radius 2 is 2.04 bits per heavy atom. The van der Waals surface area contributed by atoms with E-state index in [4.69, 9.17) is 0 Å². The van der Waals surface area contributed by atoms with Gasteiger partial charge in [-0.05, 0) is 42.8 Å². The first-order valence-corrected chi connectivity index (χ1v) is 9.43. The average molecular weight is 439 g/mol. The first kappa shape index (κ1) is 18.3. The summed E-state index contributed by atoms with van der Waals surface area (Å²) in [6.07, 6.45) is 1.64. The van der Waals surface area contributed by atoms with Gasteiger partial charge in [-0.25, -0.2) is 9.07 Å². The second-order valence-electron chi connectivity index (χ2n) is 6.43. The quantitative estimate of drug-likeness (QED) is 0.490. The van der Waals surface area contributed by atoms with Crippen LogP contribution in [0, 0.1) is 12.7 Å². The number of carbonyl (C=O) groups is 1. The second-order valence-corrected chi connectivity index (χ2v) is 7.35. The van der Waals surface area contributed by atoms with Gasteiger partial charge in [-0.2, -0.15) is 5.10 Å². The molecule has 7 heteroatoms. The van der Waals surface area contributed by atoms with Crippen LogP contribution in [0.1, 0.15) is 21.6 Å². The second kappa shape index (κ2) is 7.52. The van der Waals surface area contributed by atoms with Crippen LogP contribution < -0.4 is 5.32 Å². The maximum Gasteiger partial charge on any atom is 0.257 e. The number of rotatable bonds is 4. The predicted molar refractivity (Wildman–Crippen MR) is 110 cm³/mol. The van der Waals surface area contributed by atoms with Crippen molar-refractivity contribution < 1.29 is 9.18 Å². The molecule has 1 amide bonds. The van der Waals surface area contributed by atoms with Gasteiger partial charge in [0.2, 0.25) is 0 Å². The molecule has 4 aromatic rings. The van der Waals surface area contributed by atoms with Crippen LogP contribution in [-0.2, 0) is 6.54 Å². The van der Waals surface area contributed by atoms with Crippen molar-refractivity contribution in [2.24, 2.45) is 0 Å². The van der Waals surface area contributed by atoms with Gasteiger partial charge in [-0.3, -0.25) is 9.78 Å². The molecule has 0 saturated heterocycles. The van der Waals surface area contributed by atoms with Gasteiger partial charge in [0.05, 0.1) is 23.8 Å². The van der Waals surface area contributed by atoms with Gasteiger partial charge in [-0.15, -0.1) is 0 Å². The van der Waals surface area contributed by atoms with Crippen molar-refractivity contribution in [2.45, 2.75) is 13.5 Å². The van der Waals surface area contributed by atoms with Gasteiger partial charge in [-0.1, -0.05) is 28.1 Å². The van der Waals surface area contributed by atoms with Crippen LogP contribution >= 0.6 is 15.9 Å². The van der Waals surface area contributed by atoms with E-state index in [0.29, 0.717) is 34.5 Å². The standard InChI is InChI=1S/C21H16BrFN4O/c1-13-9-18(17-6-5-16(23)11-19(17)25-13)21(28)26-20-7-8-24-27(20)12-14-3-2-4-15(22)10-14/h2-11H,12H2,1H3,(H,26,28). The van der Waals surface area contributed by atoms with Crippen molar-refractivity contribution in [3.05, 3.63) is 87.9 Å². The number of nitrogens with one attached hydrogen (secondary N) is 1. The van der Waals surface area contributed by atoms with Crippen molar-refractivity contribution >= 4 is 38.6 Å². The molecule has 0 bridgehead atoms. The fourth-order valence-electron chi connectivity index (χ4n) is 3.08. The topological polar surface area (TPSA) is 59.8 Å². The summed E-state index contributed by atoms with van der Waals surface area (Å²) in [6.45, 7) is 2.29. The Morgan fingerprint density at radius 1 is 1.18 bits per heavy atom. The van der Waals surface area contributed by atoms with Gasteiger partial charge in [0.25, 0.3) is 5.91 Å². The minimum Gasteiger partial charge on any atom is -0.307 e. The zero-order valence-electron chi connectivity index (χ0n) is 15.0. The molecular weight excluding hydrogens is 423 g/mol. The molecule has 2 aromatic carbocycles. The van der Waals surface area contributed by atoms with Crippen molar-refractivity contribution in [2.75, 3.05) is 5.32 Å². The summed E-state index contributed by atoms with van der Waals surface area (Å²) < 4.78 is 16.2. The number of amides is 1. The van der Waals surface area contributed by atoms with E-state index in [0.717, 1.165) is 10.0 Å². The lowest BCUT2D eigenvalue weighted by Crippen LogP contribution is -2.17. The van der Waals surface area contributed by atoms with Crippen molar-refractivity contribution in [1.82, 2.24) is 14.8 Å². The maximum atomic E-state index is 13.5. The highest BCUT2D eigenvalue weighted by Gasteiger charge is 2.15. The summed E-state index contributed by atoms with van der Waals surface area (Å²) in [6, 6.07) is 15.6. The summed E-state index contributed by atoms with van der Waals surface area (Å²) in [4.78, 5) is 17.3. The molecule has 0 aliphatic heterocycles. The van der Waals surface area contributed by atoms with Crippen LogP contribution in [0.25, 0.3) is 10.9 Å². The number of benzene rings is 2. The molecule has 2 heterocycles. The summed E-state index contributed by atoms with van der Waals surface area (Å²) in [5.74, 6) is -0.100. The van der Waals surface area contributed by atoms with Gasteiger partial charge >= 0.3 is 0 Å². The third-order valence-corrected chi connectivity index (χ3v) is 4.82. The fraction of sp³-hybridized carbons (Fsp3) is 0.0952. The lowest BCUT2D eigenvalue weighted by atomic mass is 10.1. The molecule has 5 nitrogen and oxygen atoms in total. The number of anilines is 1. The van der Waals surface area contributed by atoms with Crippen LogP contribution in [0.4, 0.5) is 10.2 Å². The number of aromatic nitrogens is 3. The van der Waals surface area contributed by atoms with Gasteiger partial charge < -0.3 is 5.32 Å². The molecule has 0 unspecified atom stereocenters. The Morgan fingerprint density at radius 3 is 2.86 bits per heavy atom. The number of pyridine rings is 1. The molecule has 4 rings (SSSR count). The zero-order chi connectivity index (χ0) is 19.7. The lowest BCUT2D eigenvalue weighted by Gasteiger charge is -2.11. The highest BCUT2D eigenvalue weighted by atomic mass is 79.9. The van der Waals surface area contributed by atoms with Crippen LogP contribution in [-0.4, -0.2) is 20.7 Å². The highest BCUT2D eigenvalue weighted by molar-refractivity contribution is 9.10. The highest BCUT2D eigenvalue weighted by Crippen LogP contribution is 2.21. The number of fused-ring (bicyclic) bond motifs is 1. The van der Waals surface area contributed by atoms with Gasteiger partial charge in [0.1, 0.15) is 11.6 Å². The molecule has 140 valence electrons. The minimum absolute atomic E-state index is 0.293. The first-order chi connectivity index (χ1) is 13.5. The van der Waals surface area contributed by atoms with Crippen molar-refractivity contribution in [1.29, 1.82) is 0 Å². The van der Waals surface area contributed by atoms with E-state index in [-0.39, 0.29) is 11.7 Å². The number of hydrogen-bond donors (Lipinski definition) is 1. The number of carbonyl (C=O) groups excluding carboxylic acids is 1. The van der Waals surface area contributed by atoms with Crippen LogP contribution in [0.3, 0.4) is 0 Å². The minimum atomic E-state index is -0.385. The molecule has 28 heavy (non-hydrogen) atoms. The Labute approximate surface area is 169 Å². The van der Waals surface area contributed by atoms with Gasteiger partial charge in [0, 0.05) is 27.7 Å². The van der Waals surface area contributed by atoms with Gasteiger partial charge in [0.15, 0.2) is 0 Å². The maximum absolute atomic E-state index is 13.5. The van der Waals surface area contributed by atoms with E-state index in [1.165, 1.54) is 12.1 Å². The van der Waals surface area contributed by atoms with Crippen LogP contribution in [0.2, 0.25) is 0 Å². The number of halogens is 2. The number of nitrogens with zero attached hydrogens (tertiary/aromatic N) is 3. The number of aryl methyl sites for hydroxylation is 1. The fourth-order valence-corrected chi connectivity index (χ4v) is 3.53. The van der Waals surface area contributed by atoms with Crippen LogP contribution in [0.15, 0.2) is 65.3 Å². The Bertz CT molecular complexity index is 1180. The first-order valence-electron chi connectivity index (χ1n) is 8.64. The summed E-state index contributed by atoms with van der Waals surface area (Å²) in [5, 5.41) is 7.81. The average Bonchev–Trinajstić information content (AvgIpc) is 3.07. The third-order valence-electron chi connectivity index (χ3n) is 4.32. The van der Waals surface area contributed by atoms with Crippen molar-refractivity contribution in [3.8, 4) is 0 Å². The molecule has 0 radical (unpaired) electrons. The Balaban J connectivity index is 1.63. The molecule has 0 atom stereocenters. The molecular formula is C21H16BrFN4O. The van der Waals surface area contributed by atoms with Crippen molar-refractivity contribution in [3.63, 3.8) is 0 Å². The van der Waals surface area contributed by atoms with Crippen LogP contribution in [0.5, 0.6) is 0 Å². The zero-order valence-corrected chi connectivity index (χ0v) is 16.6. The molecule has 1 N–H and O–H groups in total. The molecule has 0 aliphatic carbocycles. The van der Waals surface area contributed by atoms with E-state index in [2.05, 4.69) is 31.3 Å². The molecule has 2 aromatic heterocycles. The smallest absolute Gasteiger partial charge is 0.257 e. The normalized spacial score (nSPS) is 11.0. The Hall–Kier alpha value is -3.06. The van der Waals surface area contributed by atoms with E-state index in [1.54, 1.807) is 36.0 Å². The largest absolute Gasteiger partial charge is 0.307 e. The molecule has 0 spiro atoms. The third kappa shape index (κ3) is 3.80. The summed E-state index contributed by atoms with van der Waals surface area (Å²) in [7, 11) is 0. The lowest BCUT2D eigenvalue weighted by molar-refractivity contribution is 0.102. The molecule has 0 fully saturated rings. The SMILES string of the molecule is Cc1cc(C(=O)Nc2ccnn2Cc2cccc(Br)c2)c2ccc(F)cc2n1. The number of hydrogen-bond acceptors (Lipinski definition) is 3. The van der Waals surface area contributed by atoms with E-state index in [1.807, 2.05) is 24.3 Å². The molecule has 0 aliphatic rings. The summed E-state index contributed by atoms with van der Waals surface area (Å²) >= 11 is 3.46. The summed E-state index contributed by atoms with van der Waals surface area (Å²) in [5.41, 5.74) is 2.59. The van der Waals surface area contributed by atoms with E-state index < -0.39 is 0 Å². The van der Waals surface area contributed by atoms with E-state index >= 15 is 0 Å². The monoisotopic (exact) mass is 438 g/mol. The Kier molecular flexibility index (Phi) is 4.92. The predicted octanol–water partition coefficient (Wildman–Crippen LogP) is 4.94. The van der Waals surface area contributed by atoms with E-state index in [9.17, 15) is 9.18 Å². The molecule has 0 saturated carbocycles.